The second-order valence-corrected chi connectivity index (χ2v) is 3.80. The highest BCUT2D eigenvalue weighted by Crippen LogP contribution is 2.20. The summed E-state index contributed by atoms with van der Waals surface area (Å²) in [6.07, 6.45) is 0.913. The Balaban J connectivity index is 0.000000396. The van der Waals surface area contributed by atoms with E-state index in [0.29, 0.717) is 6.04 Å². The summed E-state index contributed by atoms with van der Waals surface area (Å²) in [7, 11) is 2.15. The second kappa shape index (κ2) is 4.94. The van der Waals surface area contributed by atoms with Crippen molar-refractivity contribution in [2.24, 2.45) is 0 Å². The van der Waals surface area contributed by atoms with E-state index in [0.717, 1.165) is 32.6 Å². The Kier molecular flexibility index (Phi) is 4.16. The lowest BCUT2D eigenvalue weighted by atomic mass is 10.1. The van der Waals surface area contributed by atoms with Gasteiger partial charge in [-0.2, -0.15) is 0 Å². The summed E-state index contributed by atoms with van der Waals surface area (Å²) in [6.45, 7) is 8.33. The molecule has 2 fully saturated rings. The van der Waals surface area contributed by atoms with Crippen LogP contribution in [0.1, 0.15) is 20.3 Å². The van der Waals surface area contributed by atoms with E-state index < -0.39 is 0 Å². The molecule has 2 rings (SSSR count). The summed E-state index contributed by atoms with van der Waals surface area (Å²) < 4.78 is 0. The van der Waals surface area contributed by atoms with Crippen molar-refractivity contribution in [2.45, 2.75) is 32.4 Å². The van der Waals surface area contributed by atoms with Gasteiger partial charge in [0, 0.05) is 32.2 Å². The lowest BCUT2D eigenvalue weighted by molar-refractivity contribution is 0.120. The van der Waals surface area contributed by atoms with E-state index in [-0.39, 0.29) is 6.10 Å². The van der Waals surface area contributed by atoms with Gasteiger partial charge in [-0.15, -0.1) is 0 Å². The zero-order valence-corrected chi connectivity index (χ0v) is 9.03. The largest absolute Gasteiger partial charge is 0.392 e. The molecule has 2 aliphatic rings. The minimum atomic E-state index is -0.0634. The highest BCUT2D eigenvalue weighted by molar-refractivity contribution is 4.89. The molecule has 2 saturated heterocycles. The number of piperazine rings is 1. The maximum Gasteiger partial charge on any atom is 0.0682 e. The summed E-state index contributed by atoms with van der Waals surface area (Å²) in [5.74, 6) is 0. The van der Waals surface area contributed by atoms with Gasteiger partial charge in [-0.05, 0) is 13.5 Å². The minimum absolute atomic E-state index is 0.0634. The number of rotatable bonds is 0. The van der Waals surface area contributed by atoms with Gasteiger partial charge in [-0.1, -0.05) is 13.8 Å². The molecular formula is C10H22N2O. The molecule has 0 unspecified atom stereocenters. The van der Waals surface area contributed by atoms with Crippen LogP contribution in [0.5, 0.6) is 0 Å². The third-order valence-corrected chi connectivity index (χ3v) is 2.80. The Bertz CT molecular complexity index is 152. The molecule has 13 heavy (non-hydrogen) atoms. The number of hydrogen-bond donors (Lipinski definition) is 1. The predicted molar refractivity (Wildman–Crippen MR) is 54.8 cm³/mol. The lowest BCUT2D eigenvalue weighted by Crippen LogP contribution is -2.48. The zero-order valence-electron chi connectivity index (χ0n) is 9.03. The highest BCUT2D eigenvalue weighted by atomic mass is 16.3. The summed E-state index contributed by atoms with van der Waals surface area (Å²) in [5.41, 5.74) is 0. The van der Waals surface area contributed by atoms with Crippen LogP contribution in [0, 0.1) is 0 Å². The average molecular weight is 186 g/mol. The van der Waals surface area contributed by atoms with Gasteiger partial charge in [0.25, 0.3) is 0 Å². The van der Waals surface area contributed by atoms with Gasteiger partial charge >= 0.3 is 0 Å². The van der Waals surface area contributed by atoms with Crippen molar-refractivity contribution < 1.29 is 5.11 Å². The quantitative estimate of drug-likeness (QED) is 0.593. The number of hydrogen-bond acceptors (Lipinski definition) is 3. The fourth-order valence-electron chi connectivity index (χ4n) is 2.17. The minimum Gasteiger partial charge on any atom is -0.392 e. The van der Waals surface area contributed by atoms with Crippen LogP contribution >= 0.6 is 0 Å². The number of fused-ring (bicyclic) bond motifs is 1. The van der Waals surface area contributed by atoms with Crippen LogP contribution in [0.2, 0.25) is 0 Å². The molecule has 3 heteroatoms. The van der Waals surface area contributed by atoms with Crippen LogP contribution in [0.15, 0.2) is 0 Å². The number of aliphatic hydroxyl groups is 1. The molecule has 1 N–H and O–H groups in total. The van der Waals surface area contributed by atoms with E-state index in [2.05, 4.69) is 16.8 Å². The number of likely N-dealkylation sites (N-methyl/N-ethyl adjacent to an activating group) is 1. The Hall–Kier alpha value is -0.120. The molecule has 0 radical (unpaired) electrons. The SMILES string of the molecule is CC.CN1CCN2C[C@H](O)C[C@H]2C1. The Morgan fingerprint density at radius 1 is 1.15 bits per heavy atom. The molecule has 0 spiro atoms. The summed E-state index contributed by atoms with van der Waals surface area (Å²) in [6, 6.07) is 0.628. The van der Waals surface area contributed by atoms with E-state index in [1.54, 1.807) is 0 Å². The van der Waals surface area contributed by atoms with Crippen molar-refractivity contribution >= 4 is 0 Å². The summed E-state index contributed by atoms with van der Waals surface area (Å²) >= 11 is 0. The van der Waals surface area contributed by atoms with Crippen molar-refractivity contribution in [3.8, 4) is 0 Å². The van der Waals surface area contributed by atoms with Crippen LogP contribution in [-0.2, 0) is 0 Å². The van der Waals surface area contributed by atoms with Gasteiger partial charge in [0.2, 0.25) is 0 Å². The fraction of sp³-hybridized carbons (Fsp3) is 1.00. The van der Waals surface area contributed by atoms with Crippen molar-refractivity contribution in [3.63, 3.8) is 0 Å². The smallest absolute Gasteiger partial charge is 0.0682 e. The molecule has 0 bridgehead atoms. The van der Waals surface area contributed by atoms with Crippen molar-refractivity contribution in [1.82, 2.24) is 9.80 Å². The second-order valence-electron chi connectivity index (χ2n) is 3.80. The van der Waals surface area contributed by atoms with Gasteiger partial charge in [0.15, 0.2) is 0 Å². The Morgan fingerprint density at radius 3 is 2.54 bits per heavy atom. The molecule has 0 aromatic carbocycles. The van der Waals surface area contributed by atoms with E-state index in [4.69, 9.17) is 0 Å². The molecule has 0 saturated carbocycles. The Labute approximate surface area is 81.3 Å². The van der Waals surface area contributed by atoms with Gasteiger partial charge in [-0.3, -0.25) is 4.90 Å². The molecular weight excluding hydrogens is 164 g/mol. The standard InChI is InChI=1S/C8H16N2O.C2H6/c1-9-2-3-10-6-8(11)4-7(10)5-9;1-2/h7-8,11H,2-6H2,1H3;1-2H3/t7-,8+;/m0./s1. The van der Waals surface area contributed by atoms with Crippen LogP contribution in [0.4, 0.5) is 0 Å². The number of aliphatic hydroxyl groups excluding tert-OH is 1. The van der Waals surface area contributed by atoms with Crippen LogP contribution in [-0.4, -0.2) is 60.3 Å². The van der Waals surface area contributed by atoms with E-state index in [1.165, 1.54) is 0 Å². The monoisotopic (exact) mass is 186 g/mol. The number of nitrogens with zero attached hydrogens (tertiary/aromatic N) is 2. The molecule has 0 aliphatic carbocycles. The Morgan fingerprint density at radius 2 is 1.85 bits per heavy atom. The lowest BCUT2D eigenvalue weighted by Gasteiger charge is -2.34. The molecule has 0 amide bonds. The van der Waals surface area contributed by atoms with Crippen LogP contribution in [0.3, 0.4) is 0 Å². The van der Waals surface area contributed by atoms with Crippen molar-refractivity contribution in [1.29, 1.82) is 0 Å². The topological polar surface area (TPSA) is 26.7 Å². The first-order chi connectivity index (χ1) is 6.25. The third kappa shape index (κ3) is 2.66. The molecule has 78 valence electrons. The van der Waals surface area contributed by atoms with Gasteiger partial charge in [0.05, 0.1) is 6.10 Å². The van der Waals surface area contributed by atoms with Crippen LogP contribution in [0.25, 0.3) is 0 Å². The molecule has 2 aliphatic heterocycles. The summed E-state index contributed by atoms with van der Waals surface area (Å²) in [4.78, 5) is 4.75. The first-order valence-electron chi connectivity index (χ1n) is 5.36. The van der Waals surface area contributed by atoms with Gasteiger partial charge in [-0.25, -0.2) is 0 Å². The normalized spacial score (nSPS) is 35.1. The van der Waals surface area contributed by atoms with Crippen molar-refractivity contribution in [3.05, 3.63) is 0 Å². The third-order valence-electron chi connectivity index (χ3n) is 2.80. The maximum absolute atomic E-state index is 9.39. The van der Waals surface area contributed by atoms with Crippen LogP contribution < -0.4 is 0 Å². The van der Waals surface area contributed by atoms with E-state index in [1.807, 2.05) is 13.8 Å². The van der Waals surface area contributed by atoms with Crippen molar-refractivity contribution in [2.75, 3.05) is 33.2 Å². The van der Waals surface area contributed by atoms with Gasteiger partial charge < -0.3 is 10.0 Å². The molecule has 2 atom stereocenters. The molecule has 0 aromatic heterocycles. The summed E-state index contributed by atoms with van der Waals surface area (Å²) in [5, 5.41) is 9.39. The first kappa shape index (κ1) is 11.0. The molecule has 2 heterocycles. The molecule has 0 aromatic rings. The molecule has 3 nitrogen and oxygen atoms in total. The zero-order chi connectivity index (χ0) is 9.84. The van der Waals surface area contributed by atoms with Gasteiger partial charge in [0.1, 0.15) is 0 Å². The average Bonchev–Trinajstić information content (AvgIpc) is 2.48. The van der Waals surface area contributed by atoms with E-state index in [9.17, 15) is 5.11 Å². The maximum atomic E-state index is 9.39. The first-order valence-corrected chi connectivity index (χ1v) is 5.36. The fourth-order valence-corrected chi connectivity index (χ4v) is 2.17. The highest BCUT2D eigenvalue weighted by Gasteiger charge is 2.33. The predicted octanol–water partition coefficient (Wildman–Crippen LogP) is 0.393. The van der Waals surface area contributed by atoms with E-state index >= 15 is 0 Å².